The van der Waals surface area contributed by atoms with E-state index in [9.17, 15) is 0 Å². The zero-order chi connectivity index (χ0) is 16.4. The second kappa shape index (κ2) is 6.73. The SMILES string of the molecule is Cc1cc2nc(CCCO)n(Cc3cccc(Cl)c3)c2cc1C. The molecule has 2 aromatic carbocycles. The maximum atomic E-state index is 9.15. The summed E-state index contributed by atoms with van der Waals surface area (Å²) in [6, 6.07) is 12.3. The third-order valence-electron chi connectivity index (χ3n) is 4.23. The summed E-state index contributed by atoms with van der Waals surface area (Å²) in [5, 5.41) is 9.90. The number of imidazole rings is 1. The third kappa shape index (κ3) is 3.41. The summed E-state index contributed by atoms with van der Waals surface area (Å²) in [4.78, 5) is 4.79. The van der Waals surface area contributed by atoms with Crippen LogP contribution in [0.4, 0.5) is 0 Å². The molecule has 0 aliphatic heterocycles. The molecule has 3 nitrogen and oxygen atoms in total. The lowest BCUT2D eigenvalue weighted by Gasteiger charge is -2.10. The number of aromatic nitrogens is 2. The molecule has 3 aromatic rings. The standard InChI is InChI=1S/C19H21ClN2O/c1-13-9-17-18(10-14(13)2)22(19(21-17)7-4-8-23)12-15-5-3-6-16(20)11-15/h3,5-6,9-11,23H,4,7-8,12H2,1-2H3. The molecule has 120 valence electrons. The molecular formula is C19H21ClN2O. The van der Waals surface area contributed by atoms with E-state index in [0.717, 1.165) is 46.8 Å². The quantitative estimate of drug-likeness (QED) is 0.759. The van der Waals surface area contributed by atoms with Crippen LogP contribution in [0.5, 0.6) is 0 Å². The number of aliphatic hydroxyl groups excluding tert-OH is 1. The fourth-order valence-electron chi connectivity index (χ4n) is 2.85. The number of rotatable bonds is 5. The van der Waals surface area contributed by atoms with E-state index in [2.05, 4.69) is 36.6 Å². The Bertz CT molecular complexity index is 839. The number of benzene rings is 2. The topological polar surface area (TPSA) is 38.1 Å². The minimum atomic E-state index is 0.179. The van der Waals surface area contributed by atoms with E-state index >= 15 is 0 Å². The molecule has 0 saturated heterocycles. The molecule has 1 heterocycles. The molecule has 0 saturated carbocycles. The fraction of sp³-hybridized carbons (Fsp3) is 0.316. The van der Waals surface area contributed by atoms with Gasteiger partial charge in [0, 0.05) is 24.6 Å². The molecule has 0 aliphatic carbocycles. The summed E-state index contributed by atoms with van der Waals surface area (Å²) in [5.41, 5.74) is 5.82. The monoisotopic (exact) mass is 328 g/mol. The number of fused-ring (bicyclic) bond motifs is 1. The summed E-state index contributed by atoms with van der Waals surface area (Å²) >= 11 is 6.11. The van der Waals surface area contributed by atoms with Crippen LogP contribution in [0.15, 0.2) is 36.4 Å². The highest BCUT2D eigenvalue weighted by molar-refractivity contribution is 6.30. The van der Waals surface area contributed by atoms with Crippen molar-refractivity contribution >= 4 is 22.6 Å². The average molecular weight is 329 g/mol. The van der Waals surface area contributed by atoms with Crippen LogP contribution in [0.2, 0.25) is 5.02 Å². The molecule has 0 fully saturated rings. The Morgan fingerprint density at radius 3 is 2.65 bits per heavy atom. The molecule has 0 amide bonds. The van der Waals surface area contributed by atoms with Crippen LogP contribution in [-0.2, 0) is 13.0 Å². The molecule has 0 atom stereocenters. The second-order valence-corrected chi connectivity index (χ2v) is 6.43. The van der Waals surface area contributed by atoms with Crippen molar-refractivity contribution in [1.82, 2.24) is 9.55 Å². The van der Waals surface area contributed by atoms with Crippen molar-refractivity contribution in [3.63, 3.8) is 0 Å². The van der Waals surface area contributed by atoms with Crippen LogP contribution < -0.4 is 0 Å². The minimum Gasteiger partial charge on any atom is -0.396 e. The molecule has 0 aliphatic rings. The van der Waals surface area contributed by atoms with E-state index < -0.39 is 0 Å². The molecule has 0 spiro atoms. The van der Waals surface area contributed by atoms with Gasteiger partial charge in [0.2, 0.25) is 0 Å². The highest BCUT2D eigenvalue weighted by Crippen LogP contribution is 2.23. The van der Waals surface area contributed by atoms with E-state index in [4.69, 9.17) is 21.7 Å². The van der Waals surface area contributed by atoms with Gasteiger partial charge < -0.3 is 9.67 Å². The maximum Gasteiger partial charge on any atom is 0.110 e. The van der Waals surface area contributed by atoms with Crippen LogP contribution in [0.3, 0.4) is 0 Å². The number of hydrogen-bond donors (Lipinski definition) is 1. The van der Waals surface area contributed by atoms with Crippen molar-refractivity contribution in [3.05, 3.63) is 63.9 Å². The Kier molecular flexibility index (Phi) is 4.69. The number of aliphatic hydroxyl groups is 1. The highest BCUT2D eigenvalue weighted by Gasteiger charge is 2.12. The van der Waals surface area contributed by atoms with Gasteiger partial charge in [0.1, 0.15) is 5.82 Å². The van der Waals surface area contributed by atoms with E-state index in [0.29, 0.717) is 0 Å². The van der Waals surface area contributed by atoms with Gasteiger partial charge in [0.25, 0.3) is 0 Å². The van der Waals surface area contributed by atoms with Gasteiger partial charge in [-0.3, -0.25) is 0 Å². The lowest BCUT2D eigenvalue weighted by Crippen LogP contribution is -2.06. The van der Waals surface area contributed by atoms with Crippen molar-refractivity contribution in [2.45, 2.75) is 33.2 Å². The van der Waals surface area contributed by atoms with Crippen molar-refractivity contribution in [3.8, 4) is 0 Å². The first-order chi connectivity index (χ1) is 11.1. The lowest BCUT2D eigenvalue weighted by molar-refractivity contribution is 0.287. The van der Waals surface area contributed by atoms with Crippen LogP contribution >= 0.6 is 11.6 Å². The third-order valence-corrected chi connectivity index (χ3v) is 4.47. The van der Waals surface area contributed by atoms with Gasteiger partial charge in [0.05, 0.1) is 11.0 Å². The molecule has 0 bridgehead atoms. The van der Waals surface area contributed by atoms with E-state index in [1.54, 1.807) is 0 Å². The smallest absolute Gasteiger partial charge is 0.110 e. The van der Waals surface area contributed by atoms with Crippen LogP contribution in [0.1, 0.15) is 28.9 Å². The van der Waals surface area contributed by atoms with Gasteiger partial charge in [0.15, 0.2) is 0 Å². The maximum absolute atomic E-state index is 9.15. The molecule has 0 radical (unpaired) electrons. The predicted octanol–water partition coefficient (Wildman–Crippen LogP) is 4.28. The molecular weight excluding hydrogens is 308 g/mol. The summed E-state index contributed by atoms with van der Waals surface area (Å²) < 4.78 is 2.24. The lowest BCUT2D eigenvalue weighted by atomic mass is 10.1. The molecule has 23 heavy (non-hydrogen) atoms. The average Bonchev–Trinajstić information content (AvgIpc) is 2.83. The first kappa shape index (κ1) is 16.0. The van der Waals surface area contributed by atoms with Crippen LogP contribution in [0, 0.1) is 13.8 Å². The van der Waals surface area contributed by atoms with Crippen molar-refractivity contribution in [1.29, 1.82) is 0 Å². The first-order valence-corrected chi connectivity index (χ1v) is 8.28. The van der Waals surface area contributed by atoms with Gasteiger partial charge in [-0.25, -0.2) is 4.98 Å². The summed E-state index contributed by atoms with van der Waals surface area (Å²) in [6.45, 7) is 5.15. The second-order valence-electron chi connectivity index (χ2n) is 6.00. The van der Waals surface area contributed by atoms with Gasteiger partial charge in [-0.15, -0.1) is 0 Å². The van der Waals surface area contributed by atoms with Crippen molar-refractivity contribution in [2.75, 3.05) is 6.61 Å². The minimum absolute atomic E-state index is 0.179. The highest BCUT2D eigenvalue weighted by atomic mass is 35.5. The number of hydrogen-bond acceptors (Lipinski definition) is 2. The fourth-order valence-corrected chi connectivity index (χ4v) is 3.07. The number of aryl methyl sites for hydroxylation is 3. The number of halogens is 1. The van der Waals surface area contributed by atoms with Gasteiger partial charge in [-0.1, -0.05) is 23.7 Å². The molecule has 4 heteroatoms. The summed E-state index contributed by atoms with van der Waals surface area (Å²) in [5.74, 6) is 1.01. The summed E-state index contributed by atoms with van der Waals surface area (Å²) in [7, 11) is 0. The van der Waals surface area contributed by atoms with Gasteiger partial charge in [-0.05, 0) is 61.2 Å². The van der Waals surface area contributed by atoms with E-state index in [-0.39, 0.29) is 6.61 Å². The van der Waals surface area contributed by atoms with E-state index in [1.165, 1.54) is 11.1 Å². The zero-order valence-electron chi connectivity index (χ0n) is 13.5. The molecule has 3 rings (SSSR count). The summed E-state index contributed by atoms with van der Waals surface area (Å²) in [6.07, 6.45) is 1.49. The number of nitrogens with zero attached hydrogens (tertiary/aromatic N) is 2. The van der Waals surface area contributed by atoms with Gasteiger partial charge in [-0.2, -0.15) is 0 Å². The Labute approximate surface area is 141 Å². The van der Waals surface area contributed by atoms with Crippen molar-refractivity contribution in [2.24, 2.45) is 0 Å². The first-order valence-electron chi connectivity index (χ1n) is 7.90. The zero-order valence-corrected chi connectivity index (χ0v) is 14.3. The Morgan fingerprint density at radius 1 is 1.13 bits per heavy atom. The molecule has 1 aromatic heterocycles. The predicted molar refractivity (Wildman–Crippen MR) is 95.2 cm³/mol. The van der Waals surface area contributed by atoms with Gasteiger partial charge >= 0.3 is 0 Å². The van der Waals surface area contributed by atoms with Crippen LogP contribution in [-0.4, -0.2) is 21.3 Å². The Hall–Kier alpha value is -1.84. The van der Waals surface area contributed by atoms with E-state index in [1.807, 2.05) is 18.2 Å². The Morgan fingerprint density at radius 2 is 1.91 bits per heavy atom. The molecule has 0 unspecified atom stereocenters. The normalized spacial score (nSPS) is 11.3. The molecule has 1 N–H and O–H groups in total. The van der Waals surface area contributed by atoms with Crippen molar-refractivity contribution < 1.29 is 5.11 Å². The van der Waals surface area contributed by atoms with Crippen LogP contribution in [0.25, 0.3) is 11.0 Å². The largest absolute Gasteiger partial charge is 0.396 e. The Balaban J connectivity index is 2.09.